The van der Waals surface area contributed by atoms with Gasteiger partial charge in [-0.3, -0.25) is 0 Å². The van der Waals surface area contributed by atoms with Gasteiger partial charge in [0, 0.05) is 13.1 Å². The molecule has 1 fully saturated rings. The standard InChI is InChI=1S/C14H21NO2S/c1-12-6-5-9-15(10-12)18(16,17)11-14-8-4-3-7-13(14)2/h3-4,7-8,12H,5-6,9-11H2,1-2H3/t12-/m0/s1. The first-order valence-electron chi connectivity index (χ1n) is 6.51. The van der Waals surface area contributed by atoms with Gasteiger partial charge in [0.25, 0.3) is 0 Å². The minimum absolute atomic E-state index is 0.131. The van der Waals surface area contributed by atoms with Crippen molar-refractivity contribution in [1.82, 2.24) is 4.31 Å². The average Bonchev–Trinajstić information content (AvgIpc) is 2.32. The SMILES string of the molecule is Cc1ccccc1CS(=O)(=O)N1CCC[C@H](C)C1. The maximum atomic E-state index is 12.4. The summed E-state index contributed by atoms with van der Waals surface area (Å²) in [5.41, 5.74) is 1.96. The van der Waals surface area contributed by atoms with Gasteiger partial charge in [-0.25, -0.2) is 12.7 Å². The van der Waals surface area contributed by atoms with Gasteiger partial charge < -0.3 is 0 Å². The first kappa shape index (κ1) is 13.6. The van der Waals surface area contributed by atoms with Crippen molar-refractivity contribution in [3.63, 3.8) is 0 Å². The van der Waals surface area contributed by atoms with Crippen LogP contribution in [0.15, 0.2) is 24.3 Å². The number of nitrogens with zero attached hydrogens (tertiary/aromatic N) is 1. The van der Waals surface area contributed by atoms with Crippen molar-refractivity contribution in [3.8, 4) is 0 Å². The van der Waals surface area contributed by atoms with E-state index in [1.807, 2.05) is 31.2 Å². The van der Waals surface area contributed by atoms with Crippen molar-refractivity contribution in [2.75, 3.05) is 13.1 Å². The predicted octanol–water partition coefficient (Wildman–Crippen LogP) is 2.56. The molecule has 0 aliphatic carbocycles. The normalized spacial score (nSPS) is 22.0. The van der Waals surface area contributed by atoms with Crippen LogP contribution in [-0.4, -0.2) is 25.8 Å². The maximum absolute atomic E-state index is 12.4. The fourth-order valence-corrected chi connectivity index (χ4v) is 4.25. The Labute approximate surface area is 110 Å². The zero-order valence-corrected chi connectivity index (χ0v) is 11.9. The topological polar surface area (TPSA) is 37.4 Å². The van der Waals surface area contributed by atoms with E-state index in [9.17, 15) is 8.42 Å². The van der Waals surface area contributed by atoms with E-state index < -0.39 is 10.0 Å². The van der Waals surface area contributed by atoms with E-state index in [-0.39, 0.29) is 5.75 Å². The highest BCUT2D eigenvalue weighted by Crippen LogP contribution is 2.21. The van der Waals surface area contributed by atoms with E-state index in [4.69, 9.17) is 0 Å². The fraction of sp³-hybridized carbons (Fsp3) is 0.571. The predicted molar refractivity (Wildman–Crippen MR) is 73.8 cm³/mol. The number of rotatable bonds is 3. The summed E-state index contributed by atoms with van der Waals surface area (Å²) in [5.74, 6) is 0.609. The van der Waals surface area contributed by atoms with Crippen LogP contribution < -0.4 is 0 Å². The van der Waals surface area contributed by atoms with Gasteiger partial charge in [-0.15, -0.1) is 0 Å². The fourth-order valence-electron chi connectivity index (χ4n) is 2.46. The molecule has 0 bridgehead atoms. The minimum atomic E-state index is -3.16. The summed E-state index contributed by atoms with van der Waals surface area (Å²) in [4.78, 5) is 0. The number of sulfonamides is 1. The van der Waals surface area contributed by atoms with E-state index in [0.29, 0.717) is 19.0 Å². The van der Waals surface area contributed by atoms with Crippen molar-refractivity contribution in [1.29, 1.82) is 0 Å². The smallest absolute Gasteiger partial charge is 0.212 e. The molecule has 1 atom stereocenters. The molecule has 1 heterocycles. The van der Waals surface area contributed by atoms with Gasteiger partial charge in [0.15, 0.2) is 0 Å². The molecule has 0 amide bonds. The van der Waals surface area contributed by atoms with Gasteiger partial charge in [0.2, 0.25) is 10.0 Å². The van der Waals surface area contributed by atoms with E-state index >= 15 is 0 Å². The Morgan fingerprint density at radius 3 is 2.72 bits per heavy atom. The molecule has 18 heavy (non-hydrogen) atoms. The van der Waals surface area contributed by atoms with Crippen molar-refractivity contribution < 1.29 is 8.42 Å². The Bertz CT molecular complexity index is 510. The summed E-state index contributed by atoms with van der Waals surface area (Å²) < 4.78 is 26.4. The van der Waals surface area contributed by atoms with Gasteiger partial charge in [0.05, 0.1) is 5.75 Å². The molecule has 4 heteroatoms. The van der Waals surface area contributed by atoms with Gasteiger partial charge in [-0.05, 0) is 36.8 Å². The molecule has 0 radical (unpaired) electrons. The first-order chi connectivity index (χ1) is 8.49. The van der Waals surface area contributed by atoms with E-state index in [1.54, 1.807) is 4.31 Å². The van der Waals surface area contributed by atoms with Crippen LogP contribution in [-0.2, 0) is 15.8 Å². The van der Waals surface area contributed by atoms with Crippen LogP contribution in [0.3, 0.4) is 0 Å². The van der Waals surface area contributed by atoms with Crippen molar-refractivity contribution in [2.45, 2.75) is 32.4 Å². The van der Waals surface area contributed by atoms with Crippen LogP contribution in [0.1, 0.15) is 30.9 Å². The molecule has 1 aliphatic heterocycles. The Kier molecular flexibility index (Phi) is 4.07. The van der Waals surface area contributed by atoms with Crippen LogP contribution in [0.4, 0.5) is 0 Å². The van der Waals surface area contributed by atoms with Crippen LogP contribution in [0.25, 0.3) is 0 Å². The molecule has 1 saturated heterocycles. The van der Waals surface area contributed by atoms with E-state index in [2.05, 4.69) is 6.92 Å². The Morgan fingerprint density at radius 2 is 2.06 bits per heavy atom. The summed E-state index contributed by atoms with van der Waals surface area (Å²) in [6.45, 7) is 5.44. The highest BCUT2D eigenvalue weighted by molar-refractivity contribution is 7.88. The molecule has 0 unspecified atom stereocenters. The van der Waals surface area contributed by atoms with Gasteiger partial charge in [0.1, 0.15) is 0 Å². The van der Waals surface area contributed by atoms with Gasteiger partial charge in [-0.1, -0.05) is 31.2 Å². The third kappa shape index (κ3) is 3.12. The molecular weight excluding hydrogens is 246 g/mol. The van der Waals surface area contributed by atoms with Crippen molar-refractivity contribution in [3.05, 3.63) is 35.4 Å². The second kappa shape index (κ2) is 5.41. The second-order valence-corrected chi connectivity index (χ2v) is 7.26. The number of hydrogen-bond donors (Lipinski definition) is 0. The Hall–Kier alpha value is -0.870. The number of piperidine rings is 1. The van der Waals surface area contributed by atoms with Gasteiger partial charge in [-0.2, -0.15) is 0 Å². The average molecular weight is 267 g/mol. The Morgan fingerprint density at radius 1 is 1.33 bits per heavy atom. The maximum Gasteiger partial charge on any atom is 0.218 e. The molecule has 1 aliphatic rings. The van der Waals surface area contributed by atoms with Crippen molar-refractivity contribution in [2.24, 2.45) is 5.92 Å². The lowest BCUT2D eigenvalue weighted by Gasteiger charge is -2.30. The zero-order valence-electron chi connectivity index (χ0n) is 11.1. The Balaban J connectivity index is 2.14. The lowest BCUT2D eigenvalue weighted by Crippen LogP contribution is -2.39. The van der Waals surface area contributed by atoms with E-state index in [1.165, 1.54) is 0 Å². The minimum Gasteiger partial charge on any atom is -0.212 e. The quantitative estimate of drug-likeness (QED) is 0.844. The molecule has 0 saturated carbocycles. The molecule has 0 N–H and O–H groups in total. The summed E-state index contributed by atoms with van der Waals surface area (Å²) in [6, 6.07) is 7.70. The molecular formula is C14H21NO2S. The van der Waals surface area contributed by atoms with Gasteiger partial charge >= 0.3 is 0 Å². The summed E-state index contributed by atoms with van der Waals surface area (Å²) >= 11 is 0. The van der Waals surface area contributed by atoms with E-state index in [0.717, 1.165) is 24.0 Å². The molecule has 2 rings (SSSR count). The van der Waals surface area contributed by atoms with Crippen LogP contribution in [0.5, 0.6) is 0 Å². The molecule has 1 aromatic rings. The third-order valence-corrected chi connectivity index (χ3v) is 5.41. The lowest BCUT2D eigenvalue weighted by atomic mass is 10.0. The highest BCUT2D eigenvalue weighted by Gasteiger charge is 2.27. The largest absolute Gasteiger partial charge is 0.218 e. The summed E-state index contributed by atoms with van der Waals surface area (Å²) in [6.07, 6.45) is 2.12. The molecule has 1 aromatic carbocycles. The molecule has 100 valence electrons. The first-order valence-corrected chi connectivity index (χ1v) is 8.12. The summed E-state index contributed by atoms with van der Waals surface area (Å²) in [7, 11) is -3.16. The van der Waals surface area contributed by atoms with Crippen molar-refractivity contribution >= 4 is 10.0 Å². The molecule has 0 spiro atoms. The third-order valence-electron chi connectivity index (χ3n) is 3.61. The highest BCUT2D eigenvalue weighted by atomic mass is 32.2. The van der Waals surface area contributed by atoms with Crippen LogP contribution in [0, 0.1) is 12.8 Å². The lowest BCUT2D eigenvalue weighted by molar-refractivity contribution is 0.281. The number of benzene rings is 1. The number of hydrogen-bond acceptors (Lipinski definition) is 2. The zero-order chi connectivity index (χ0) is 13.2. The molecule has 0 aromatic heterocycles. The monoisotopic (exact) mass is 267 g/mol. The van der Waals surface area contributed by atoms with Crippen LogP contribution in [0.2, 0.25) is 0 Å². The second-order valence-electron chi connectivity index (χ2n) is 5.29. The number of aryl methyl sites for hydroxylation is 1. The molecule has 3 nitrogen and oxygen atoms in total. The summed E-state index contributed by atoms with van der Waals surface area (Å²) in [5, 5.41) is 0. The van der Waals surface area contributed by atoms with Crippen LogP contribution >= 0.6 is 0 Å².